The Morgan fingerprint density at radius 2 is 2.00 bits per heavy atom. The van der Waals surface area contributed by atoms with Gasteiger partial charge in [-0.1, -0.05) is 19.3 Å². The summed E-state index contributed by atoms with van der Waals surface area (Å²) in [7, 11) is 0. The Morgan fingerprint density at radius 1 is 1.17 bits per heavy atom. The van der Waals surface area contributed by atoms with Crippen LogP contribution < -0.4 is 5.32 Å². The molecule has 3 rings (SSSR count). The number of fused-ring (bicyclic) bond motifs is 1. The van der Waals surface area contributed by atoms with E-state index in [4.69, 9.17) is 9.97 Å². The van der Waals surface area contributed by atoms with Gasteiger partial charge in [-0.05, 0) is 19.8 Å². The summed E-state index contributed by atoms with van der Waals surface area (Å²) >= 11 is 1.96. The Labute approximate surface area is 113 Å². The summed E-state index contributed by atoms with van der Waals surface area (Å²) in [5, 5.41) is 3.42. The van der Waals surface area contributed by atoms with Gasteiger partial charge in [0.1, 0.15) is 11.6 Å². The minimum Gasteiger partial charge on any atom is -0.370 e. The van der Waals surface area contributed by atoms with Gasteiger partial charge in [-0.3, -0.25) is 0 Å². The molecule has 1 fully saturated rings. The smallest absolute Gasteiger partial charge is 0.134 e. The van der Waals surface area contributed by atoms with Crippen molar-refractivity contribution in [1.29, 1.82) is 0 Å². The zero-order valence-electron chi connectivity index (χ0n) is 11.0. The van der Waals surface area contributed by atoms with Crippen LogP contribution in [0.25, 0.3) is 0 Å². The monoisotopic (exact) mass is 263 g/mol. The second-order valence-corrected chi connectivity index (χ2v) is 6.20. The van der Waals surface area contributed by atoms with Crippen LogP contribution >= 0.6 is 11.8 Å². The molecule has 0 saturated heterocycles. The van der Waals surface area contributed by atoms with Crippen LogP contribution in [0, 0.1) is 0 Å². The Hall–Kier alpha value is -0.770. The maximum atomic E-state index is 4.85. The highest BCUT2D eigenvalue weighted by atomic mass is 32.2. The molecule has 0 atom stereocenters. The van der Waals surface area contributed by atoms with Gasteiger partial charge in [-0.2, -0.15) is 11.8 Å². The van der Waals surface area contributed by atoms with Crippen molar-refractivity contribution >= 4 is 17.6 Å². The van der Waals surface area contributed by atoms with E-state index in [1.807, 2.05) is 11.8 Å². The minimum absolute atomic E-state index is 0.604. The largest absolute Gasteiger partial charge is 0.370 e. The summed E-state index contributed by atoms with van der Waals surface area (Å²) in [6.45, 7) is 3.08. The lowest BCUT2D eigenvalue weighted by Crippen LogP contribution is -2.13. The number of nitrogens with zero attached hydrogens (tertiary/aromatic N) is 2. The number of anilines is 1. The predicted molar refractivity (Wildman–Crippen MR) is 77.0 cm³/mol. The van der Waals surface area contributed by atoms with Crippen LogP contribution in [0.4, 0.5) is 5.82 Å². The molecule has 98 valence electrons. The molecule has 1 aliphatic carbocycles. The predicted octanol–water partition coefficient (Wildman–Crippen LogP) is 3.70. The third-order valence-corrected chi connectivity index (χ3v) is 4.88. The van der Waals surface area contributed by atoms with Gasteiger partial charge in [0.15, 0.2) is 0 Å². The molecule has 1 aliphatic heterocycles. The first-order valence-corrected chi connectivity index (χ1v) is 8.25. The molecule has 1 saturated carbocycles. The van der Waals surface area contributed by atoms with Crippen LogP contribution in [0.2, 0.25) is 0 Å². The summed E-state index contributed by atoms with van der Waals surface area (Å²) in [4.78, 5) is 9.67. The van der Waals surface area contributed by atoms with Gasteiger partial charge >= 0.3 is 0 Å². The summed E-state index contributed by atoms with van der Waals surface area (Å²) in [6, 6.07) is 0. The third kappa shape index (κ3) is 2.35. The average Bonchev–Trinajstić information content (AvgIpc) is 2.88. The standard InChI is InChI=1S/C14H21N3S/c1-2-15-14-11-8-18-9-12(11)16-13(17-14)10-6-4-3-5-7-10/h10H,2-9H2,1H3,(H,15,16,17). The topological polar surface area (TPSA) is 37.8 Å². The fourth-order valence-electron chi connectivity index (χ4n) is 2.93. The fraction of sp³-hybridized carbons (Fsp3) is 0.714. The SMILES string of the molecule is CCNc1nc(C2CCCCC2)nc2c1CSC2. The van der Waals surface area contributed by atoms with Crippen LogP contribution in [-0.4, -0.2) is 16.5 Å². The fourth-order valence-corrected chi connectivity index (χ4v) is 3.97. The molecular weight excluding hydrogens is 242 g/mol. The molecule has 1 N–H and O–H groups in total. The van der Waals surface area contributed by atoms with Gasteiger partial charge in [0, 0.05) is 29.5 Å². The van der Waals surface area contributed by atoms with Crippen molar-refractivity contribution in [3.63, 3.8) is 0 Å². The van der Waals surface area contributed by atoms with Gasteiger partial charge in [0.05, 0.1) is 5.69 Å². The van der Waals surface area contributed by atoms with E-state index >= 15 is 0 Å². The number of rotatable bonds is 3. The van der Waals surface area contributed by atoms with Crippen LogP contribution in [0.5, 0.6) is 0 Å². The molecule has 0 aromatic carbocycles. The van der Waals surface area contributed by atoms with Gasteiger partial charge in [-0.25, -0.2) is 9.97 Å². The summed E-state index contributed by atoms with van der Waals surface area (Å²) < 4.78 is 0. The molecule has 3 nitrogen and oxygen atoms in total. The van der Waals surface area contributed by atoms with Crippen LogP contribution in [-0.2, 0) is 11.5 Å². The van der Waals surface area contributed by atoms with E-state index in [2.05, 4.69) is 12.2 Å². The van der Waals surface area contributed by atoms with Crippen molar-refractivity contribution in [1.82, 2.24) is 9.97 Å². The molecule has 0 unspecified atom stereocenters. The molecule has 0 amide bonds. The molecule has 4 heteroatoms. The first kappa shape index (κ1) is 12.3. The Bertz CT molecular complexity index is 427. The lowest BCUT2D eigenvalue weighted by atomic mass is 9.88. The number of aromatic nitrogens is 2. The summed E-state index contributed by atoms with van der Waals surface area (Å²) in [5.41, 5.74) is 2.63. The highest BCUT2D eigenvalue weighted by molar-refractivity contribution is 7.98. The highest BCUT2D eigenvalue weighted by Gasteiger charge is 2.24. The van der Waals surface area contributed by atoms with E-state index in [1.165, 1.54) is 43.4 Å². The molecular formula is C14H21N3S. The normalized spacial score (nSPS) is 19.8. The van der Waals surface area contributed by atoms with Gasteiger partial charge < -0.3 is 5.32 Å². The van der Waals surface area contributed by atoms with Crippen molar-refractivity contribution in [2.24, 2.45) is 0 Å². The Kier molecular flexibility index (Phi) is 3.73. The minimum atomic E-state index is 0.604. The van der Waals surface area contributed by atoms with Crippen molar-refractivity contribution in [3.05, 3.63) is 17.1 Å². The summed E-state index contributed by atoms with van der Waals surface area (Å²) in [5.74, 6) is 4.95. The lowest BCUT2D eigenvalue weighted by molar-refractivity contribution is 0.428. The van der Waals surface area contributed by atoms with E-state index in [0.29, 0.717) is 5.92 Å². The number of nitrogens with one attached hydrogen (secondary N) is 1. The Morgan fingerprint density at radius 3 is 2.78 bits per heavy atom. The second-order valence-electron chi connectivity index (χ2n) is 5.21. The van der Waals surface area contributed by atoms with Crippen molar-refractivity contribution < 1.29 is 0 Å². The zero-order chi connectivity index (χ0) is 12.4. The van der Waals surface area contributed by atoms with E-state index in [9.17, 15) is 0 Å². The molecule has 1 aromatic heterocycles. The van der Waals surface area contributed by atoms with Crippen LogP contribution in [0.1, 0.15) is 62.0 Å². The van der Waals surface area contributed by atoms with Gasteiger partial charge in [-0.15, -0.1) is 0 Å². The number of hydrogen-bond acceptors (Lipinski definition) is 4. The second kappa shape index (κ2) is 5.47. The van der Waals surface area contributed by atoms with Gasteiger partial charge in [0.25, 0.3) is 0 Å². The van der Waals surface area contributed by atoms with E-state index in [-0.39, 0.29) is 0 Å². The van der Waals surface area contributed by atoms with E-state index in [1.54, 1.807) is 0 Å². The average molecular weight is 263 g/mol. The van der Waals surface area contributed by atoms with Crippen molar-refractivity contribution in [2.75, 3.05) is 11.9 Å². The summed E-state index contributed by atoms with van der Waals surface area (Å²) in [6.07, 6.45) is 6.62. The molecule has 1 aromatic rings. The van der Waals surface area contributed by atoms with E-state index in [0.717, 1.165) is 29.7 Å². The maximum absolute atomic E-state index is 4.85. The molecule has 0 radical (unpaired) electrons. The first-order chi connectivity index (χ1) is 8.88. The molecule has 2 aliphatic rings. The number of thioether (sulfide) groups is 1. The van der Waals surface area contributed by atoms with Crippen molar-refractivity contribution in [2.45, 2.75) is 56.5 Å². The van der Waals surface area contributed by atoms with E-state index < -0.39 is 0 Å². The molecule has 0 spiro atoms. The highest BCUT2D eigenvalue weighted by Crippen LogP contribution is 2.36. The molecule has 18 heavy (non-hydrogen) atoms. The maximum Gasteiger partial charge on any atom is 0.134 e. The van der Waals surface area contributed by atoms with Crippen LogP contribution in [0.15, 0.2) is 0 Å². The molecule has 0 bridgehead atoms. The molecule has 2 heterocycles. The third-order valence-electron chi connectivity index (χ3n) is 3.91. The quantitative estimate of drug-likeness (QED) is 0.902. The first-order valence-electron chi connectivity index (χ1n) is 7.09. The lowest BCUT2D eigenvalue weighted by Gasteiger charge is -2.21. The van der Waals surface area contributed by atoms with Crippen molar-refractivity contribution in [3.8, 4) is 0 Å². The van der Waals surface area contributed by atoms with Gasteiger partial charge in [0.2, 0.25) is 0 Å². The Balaban J connectivity index is 1.92. The number of hydrogen-bond donors (Lipinski definition) is 1. The zero-order valence-corrected chi connectivity index (χ0v) is 11.9. The van der Waals surface area contributed by atoms with Crippen LogP contribution in [0.3, 0.4) is 0 Å².